The molecule has 0 spiro atoms. The Hall–Kier alpha value is -0.440. The van der Waals surface area contributed by atoms with E-state index in [1.165, 1.54) is 0 Å². The lowest BCUT2D eigenvalue weighted by molar-refractivity contribution is -0.0111. The average molecular weight is 205 g/mol. The van der Waals surface area contributed by atoms with E-state index in [1.807, 2.05) is 0 Å². The summed E-state index contributed by atoms with van der Waals surface area (Å²) < 4.78 is 3.68. The van der Waals surface area contributed by atoms with E-state index in [0.717, 1.165) is 0 Å². The van der Waals surface area contributed by atoms with E-state index in [0.29, 0.717) is 11.3 Å². The molecule has 1 aliphatic rings. The minimum absolute atomic E-state index is 0.537. The third-order valence-corrected chi connectivity index (χ3v) is 2.58. The maximum absolute atomic E-state index is 9.29. The second-order valence-electron chi connectivity index (χ2n) is 2.59. The van der Waals surface area contributed by atoms with Crippen LogP contribution in [0.4, 0.5) is 0 Å². The van der Waals surface area contributed by atoms with Crippen molar-refractivity contribution in [3.05, 3.63) is 29.8 Å². The van der Waals surface area contributed by atoms with Crippen molar-refractivity contribution in [1.82, 2.24) is 0 Å². The molecule has 1 unspecified atom stereocenters. The molecule has 0 fully saturated rings. The molecule has 1 aromatic rings. The number of ether oxygens (including phenoxy) is 1. The summed E-state index contributed by atoms with van der Waals surface area (Å²) in [5, 5.41) is 9.29. The van der Waals surface area contributed by atoms with Crippen LogP contribution in [0.3, 0.4) is 0 Å². The predicted octanol–water partition coefficient (Wildman–Crippen LogP) is 2.03. The highest BCUT2D eigenvalue weighted by Crippen LogP contribution is 2.47. The molecule has 4 heteroatoms. The summed E-state index contributed by atoms with van der Waals surface area (Å²) in [4.78, 5) is 0. The Morgan fingerprint density at radius 1 is 1.33 bits per heavy atom. The van der Waals surface area contributed by atoms with Crippen molar-refractivity contribution >= 4 is 23.2 Å². The molecule has 1 N–H and O–H groups in total. The minimum Gasteiger partial charge on any atom is -0.461 e. The molecule has 0 aromatic heterocycles. The molecule has 1 aromatic carbocycles. The summed E-state index contributed by atoms with van der Waals surface area (Å²) in [6.07, 6.45) is -1.18. The smallest absolute Gasteiger partial charge is 0.235 e. The van der Waals surface area contributed by atoms with Crippen LogP contribution in [-0.4, -0.2) is 11.4 Å². The number of hydrogen-bond acceptors (Lipinski definition) is 2. The number of fused-ring (bicyclic) bond motifs is 1. The van der Waals surface area contributed by atoms with Gasteiger partial charge in [0.2, 0.25) is 10.6 Å². The van der Waals surface area contributed by atoms with Crippen LogP contribution in [0.5, 0.6) is 5.75 Å². The van der Waals surface area contributed by atoms with Crippen LogP contribution in [0.15, 0.2) is 24.3 Å². The second-order valence-corrected chi connectivity index (χ2v) is 3.98. The first kappa shape index (κ1) is 8.17. The van der Waals surface area contributed by atoms with Crippen molar-refractivity contribution < 1.29 is 9.84 Å². The maximum Gasteiger partial charge on any atom is 0.235 e. The molecule has 0 saturated carbocycles. The van der Waals surface area contributed by atoms with Crippen molar-refractivity contribution in [1.29, 1.82) is 0 Å². The number of benzene rings is 1. The van der Waals surface area contributed by atoms with Crippen molar-refractivity contribution in [3.63, 3.8) is 0 Å². The van der Waals surface area contributed by atoms with Gasteiger partial charge in [0.05, 0.1) is 0 Å². The summed E-state index contributed by atoms with van der Waals surface area (Å²) in [7, 11) is 0. The van der Waals surface area contributed by atoms with Gasteiger partial charge in [-0.25, -0.2) is 0 Å². The molecule has 0 bridgehead atoms. The summed E-state index contributed by atoms with van der Waals surface area (Å²) in [5.74, 6) is 0.537. The van der Waals surface area contributed by atoms with Gasteiger partial charge in [0, 0.05) is 5.56 Å². The van der Waals surface area contributed by atoms with Gasteiger partial charge in [-0.3, -0.25) is 0 Å². The molecule has 0 aliphatic carbocycles. The van der Waals surface area contributed by atoms with Crippen LogP contribution in [0, 0.1) is 0 Å². The van der Waals surface area contributed by atoms with Gasteiger partial charge in [-0.2, -0.15) is 0 Å². The molecule has 0 saturated heterocycles. The summed E-state index contributed by atoms with van der Waals surface area (Å²) in [6.45, 7) is 0. The van der Waals surface area contributed by atoms with Gasteiger partial charge in [-0.05, 0) is 6.07 Å². The van der Waals surface area contributed by atoms with Crippen LogP contribution in [0.25, 0.3) is 0 Å². The fraction of sp³-hybridized carbons (Fsp3) is 0.250. The summed E-state index contributed by atoms with van der Waals surface area (Å²) in [5.41, 5.74) is 0.612. The normalized spacial score (nSPS) is 24.8. The van der Waals surface area contributed by atoms with Gasteiger partial charge in [-0.1, -0.05) is 41.4 Å². The summed E-state index contributed by atoms with van der Waals surface area (Å²) >= 11 is 11.7. The van der Waals surface area contributed by atoms with Gasteiger partial charge in [-0.15, -0.1) is 0 Å². The highest BCUT2D eigenvalue weighted by molar-refractivity contribution is 6.48. The van der Waals surface area contributed by atoms with Crippen molar-refractivity contribution in [2.45, 2.75) is 10.6 Å². The minimum atomic E-state index is -1.34. The molecule has 64 valence electrons. The van der Waals surface area contributed by atoms with E-state index in [1.54, 1.807) is 24.3 Å². The monoisotopic (exact) mass is 204 g/mol. The van der Waals surface area contributed by atoms with Crippen LogP contribution < -0.4 is 4.74 Å². The van der Waals surface area contributed by atoms with E-state index in [4.69, 9.17) is 27.9 Å². The van der Waals surface area contributed by atoms with E-state index in [2.05, 4.69) is 0 Å². The lowest BCUT2D eigenvalue weighted by Gasteiger charge is -2.14. The third-order valence-electron chi connectivity index (χ3n) is 1.79. The summed E-state index contributed by atoms with van der Waals surface area (Å²) in [6, 6.07) is 7.02. The number of aliphatic hydroxyl groups is 1. The Balaban J connectivity index is 2.55. The van der Waals surface area contributed by atoms with Crippen LogP contribution in [-0.2, 0) is 4.33 Å². The van der Waals surface area contributed by atoms with Gasteiger partial charge in [0.15, 0.2) is 0 Å². The molecule has 1 aliphatic heterocycles. The van der Waals surface area contributed by atoms with E-state index < -0.39 is 10.6 Å². The maximum atomic E-state index is 9.29. The fourth-order valence-corrected chi connectivity index (χ4v) is 1.57. The van der Waals surface area contributed by atoms with E-state index in [-0.39, 0.29) is 0 Å². The number of halogens is 2. The molecule has 0 radical (unpaired) electrons. The lowest BCUT2D eigenvalue weighted by atomic mass is 10.1. The molecular formula is C8H6Cl2O2. The van der Waals surface area contributed by atoms with Gasteiger partial charge >= 0.3 is 0 Å². The largest absolute Gasteiger partial charge is 0.461 e. The van der Waals surface area contributed by atoms with Gasteiger partial charge in [0.25, 0.3) is 0 Å². The first-order chi connectivity index (χ1) is 5.62. The standard InChI is InChI=1S/C8H6Cl2O2/c9-8(10)5-3-1-2-4-6(5)12-7(8)11/h1-4,7,11H. The highest BCUT2D eigenvalue weighted by Gasteiger charge is 2.45. The number of alkyl halides is 2. The zero-order valence-electron chi connectivity index (χ0n) is 6.00. The highest BCUT2D eigenvalue weighted by atomic mass is 35.5. The van der Waals surface area contributed by atoms with E-state index >= 15 is 0 Å². The Bertz CT molecular complexity index is 312. The van der Waals surface area contributed by atoms with Crippen molar-refractivity contribution in [3.8, 4) is 5.75 Å². The Morgan fingerprint density at radius 2 is 2.00 bits per heavy atom. The fourth-order valence-electron chi connectivity index (χ4n) is 1.17. The lowest BCUT2D eigenvalue weighted by Crippen LogP contribution is -2.26. The van der Waals surface area contributed by atoms with Gasteiger partial charge < -0.3 is 9.84 Å². The molecular weight excluding hydrogens is 199 g/mol. The van der Waals surface area contributed by atoms with Crippen molar-refractivity contribution in [2.24, 2.45) is 0 Å². The first-order valence-corrected chi connectivity index (χ1v) is 4.20. The van der Waals surface area contributed by atoms with Crippen LogP contribution in [0.1, 0.15) is 5.56 Å². The molecule has 0 amide bonds. The average Bonchev–Trinajstić information content (AvgIpc) is 2.25. The number of aliphatic hydroxyl groups excluding tert-OH is 1. The molecule has 1 atom stereocenters. The molecule has 2 nitrogen and oxygen atoms in total. The first-order valence-electron chi connectivity index (χ1n) is 3.44. The topological polar surface area (TPSA) is 29.5 Å². The SMILES string of the molecule is OC1Oc2ccccc2C1(Cl)Cl. The number of para-hydroxylation sites is 1. The van der Waals surface area contributed by atoms with E-state index in [9.17, 15) is 5.11 Å². The Kier molecular flexibility index (Phi) is 1.72. The van der Waals surface area contributed by atoms with Crippen molar-refractivity contribution in [2.75, 3.05) is 0 Å². The zero-order valence-corrected chi connectivity index (χ0v) is 7.51. The Morgan fingerprint density at radius 3 is 2.67 bits per heavy atom. The molecule has 2 rings (SSSR count). The number of hydrogen-bond donors (Lipinski definition) is 1. The van der Waals surface area contributed by atoms with Crippen LogP contribution >= 0.6 is 23.2 Å². The zero-order chi connectivity index (χ0) is 8.77. The predicted molar refractivity (Wildman–Crippen MR) is 46.5 cm³/mol. The Labute approximate surface area is 79.7 Å². The number of rotatable bonds is 0. The third kappa shape index (κ3) is 0.993. The second kappa shape index (κ2) is 2.52. The molecule has 12 heavy (non-hydrogen) atoms. The van der Waals surface area contributed by atoms with Gasteiger partial charge in [0.1, 0.15) is 5.75 Å². The van der Waals surface area contributed by atoms with Crippen LogP contribution in [0.2, 0.25) is 0 Å². The quantitative estimate of drug-likeness (QED) is 0.656. The molecule has 1 heterocycles.